The van der Waals surface area contributed by atoms with E-state index in [-0.39, 0.29) is 18.0 Å². The average molecular weight is 542 g/mol. The molecule has 0 unspecified atom stereocenters. The lowest BCUT2D eigenvalue weighted by Gasteiger charge is -2.29. The van der Waals surface area contributed by atoms with Gasteiger partial charge in [-0.1, -0.05) is 12.1 Å². The third-order valence-corrected chi connectivity index (χ3v) is 7.29. The van der Waals surface area contributed by atoms with Crippen molar-refractivity contribution in [3.05, 3.63) is 95.6 Å². The van der Waals surface area contributed by atoms with Crippen LogP contribution in [0.15, 0.2) is 72.9 Å². The number of nitrogens with one attached hydrogen (secondary N) is 2. The maximum absolute atomic E-state index is 11.9. The molecule has 1 amide bonds. The third kappa shape index (κ3) is 4.93. The fourth-order valence-corrected chi connectivity index (χ4v) is 5.66. The summed E-state index contributed by atoms with van der Waals surface area (Å²) in [6.07, 6.45) is 1.79. The molecule has 0 saturated carbocycles. The van der Waals surface area contributed by atoms with Crippen LogP contribution in [0.2, 0.25) is 0 Å². The Morgan fingerprint density at radius 1 is 1.00 bits per heavy atom. The van der Waals surface area contributed by atoms with Crippen molar-refractivity contribution in [1.29, 1.82) is 0 Å². The lowest BCUT2D eigenvalue weighted by molar-refractivity contribution is -0.114. The predicted octanol–water partition coefficient (Wildman–Crippen LogP) is 5.64. The Labute approximate surface area is 233 Å². The van der Waals surface area contributed by atoms with Crippen molar-refractivity contribution in [3.63, 3.8) is 0 Å². The third-order valence-electron chi connectivity index (χ3n) is 6.97. The average Bonchev–Trinajstić information content (AvgIpc) is 3.43. The summed E-state index contributed by atoms with van der Waals surface area (Å²) < 4.78 is 13.2. The molecule has 0 spiro atoms. The maximum atomic E-state index is 11.9. The van der Waals surface area contributed by atoms with Gasteiger partial charge in [0.05, 0.1) is 37.7 Å². The van der Waals surface area contributed by atoms with Crippen LogP contribution in [0.1, 0.15) is 41.7 Å². The zero-order valence-electron chi connectivity index (χ0n) is 22.6. The topological polar surface area (TPSA) is 80.7 Å². The molecule has 0 radical (unpaired) electrons. The van der Waals surface area contributed by atoms with Gasteiger partial charge in [0.1, 0.15) is 11.5 Å². The van der Waals surface area contributed by atoms with Crippen LogP contribution < -0.4 is 25.0 Å². The Morgan fingerprint density at radius 2 is 1.82 bits per heavy atom. The van der Waals surface area contributed by atoms with Gasteiger partial charge in [-0.05, 0) is 80.2 Å². The van der Waals surface area contributed by atoms with E-state index in [0.717, 1.165) is 39.8 Å². The van der Waals surface area contributed by atoms with Crippen molar-refractivity contribution in [3.8, 4) is 17.2 Å². The van der Waals surface area contributed by atoms with E-state index in [1.165, 1.54) is 6.92 Å². The van der Waals surface area contributed by atoms with E-state index in [1.807, 2.05) is 54.6 Å². The van der Waals surface area contributed by atoms with Crippen LogP contribution in [0.3, 0.4) is 0 Å². The van der Waals surface area contributed by atoms with Crippen LogP contribution in [-0.4, -0.2) is 34.8 Å². The second-order valence-electron chi connectivity index (χ2n) is 9.43. The number of amides is 1. The molecule has 8 nitrogen and oxygen atoms in total. The number of anilines is 2. The molecule has 1 aliphatic heterocycles. The highest BCUT2D eigenvalue weighted by Crippen LogP contribution is 2.45. The highest BCUT2D eigenvalue weighted by atomic mass is 32.1. The van der Waals surface area contributed by atoms with Gasteiger partial charge in [-0.25, -0.2) is 0 Å². The standard InChI is InChI=1S/C30H31N5O3S/c1-18-15-24(19(2)34(18)21-9-8-10-23(16-21)37-4)29-28(25-11-6-7-14-31-25)33-30(39)35(29)22-12-13-27(38-5)26(17-22)32-20(3)36/h6-17,28-29H,1-5H3,(H,32,36)(H,33,39)/t28-,29-/m1/s1. The van der Waals surface area contributed by atoms with E-state index in [4.69, 9.17) is 21.7 Å². The first-order valence-corrected chi connectivity index (χ1v) is 13.0. The molecular weight excluding hydrogens is 510 g/mol. The summed E-state index contributed by atoms with van der Waals surface area (Å²) in [5, 5.41) is 6.96. The molecule has 1 saturated heterocycles. The lowest BCUT2D eigenvalue weighted by Crippen LogP contribution is -2.29. The summed E-state index contributed by atoms with van der Waals surface area (Å²) in [5.74, 6) is 1.18. The Bertz CT molecular complexity index is 1540. The van der Waals surface area contributed by atoms with E-state index < -0.39 is 0 Å². The largest absolute Gasteiger partial charge is 0.497 e. The Balaban J connectivity index is 1.67. The van der Waals surface area contributed by atoms with Gasteiger partial charge in [-0.2, -0.15) is 0 Å². The fourth-order valence-electron chi connectivity index (χ4n) is 5.32. The van der Waals surface area contributed by atoms with Crippen LogP contribution in [0.5, 0.6) is 11.5 Å². The monoisotopic (exact) mass is 541 g/mol. The summed E-state index contributed by atoms with van der Waals surface area (Å²) in [6, 6.07) is 21.4. The first-order valence-electron chi connectivity index (χ1n) is 12.6. The molecule has 9 heteroatoms. The molecule has 5 rings (SSSR count). The van der Waals surface area contributed by atoms with E-state index in [0.29, 0.717) is 16.5 Å². The van der Waals surface area contributed by atoms with Gasteiger partial charge in [0.2, 0.25) is 5.91 Å². The van der Waals surface area contributed by atoms with Crippen LogP contribution in [0, 0.1) is 13.8 Å². The molecule has 2 aromatic heterocycles. The van der Waals surface area contributed by atoms with Crippen molar-refractivity contribution in [2.45, 2.75) is 32.9 Å². The number of aryl methyl sites for hydroxylation is 1. The number of pyridine rings is 1. The highest BCUT2D eigenvalue weighted by molar-refractivity contribution is 7.80. The van der Waals surface area contributed by atoms with E-state index >= 15 is 0 Å². The number of nitrogens with zero attached hydrogens (tertiary/aromatic N) is 3. The number of aromatic nitrogens is 2. The summed E-state index contributed by atoms with van der Waals surface area (Å²) in [7, 11) is 3.25. The first kappa shape index (κ1) is 26.2. The van der Waals surface area contributed by atoms with Crippen LogP contribution in [0.25, 0.3) is 5.69 Å². The quantitative estimate of drug-likeness (QED) is 0.293. The normalized spacial score (nSPS) is 16.6. The number of thiocarbonyl (C=S) groups is 1. The molecule has 1 aliphatic rings. The van der Waals surface area contributed by atoms with Crippen molar-refractivity contribution in [1.82, 2.24) is 14.9 Å². The maximum Gasteiger partial charge on any atom is 0.221 e. The van der Waals surface area contributed by atoms with Crippen LogP contribution >= 0.6 is 12.2 Å². The predicted molar refractivity (Wildman–Crippen MR) is 157 cm³/mol. The molecule has 200 valence electrons. The highest BCUT2D eigenvalue weighted by Gasteiger charge is 2.42. The number of rotatable bonds is 7. The fraction of sp³-hybridized carbons (Fsp3) is 0.233. The molecular formula is C30H31N5O3S. The van der Waals surface area contributed by atoms with Gasteiger partial charge < -0.3 is 29.6 Å². The smallest absolute Gasteiger partial charge is 0.221 e. The van der Waals surface area contributed by atoms with E-state index in [9.17, 15) is 4.79 Å². The summed E-state index contributed by atoms with van der Waals surface area (Å²) >= 11 is 5.92. The van der Waals surface area contributed by atoms with E-state index in [2.05, 4.69) is 51.1 Å². The van der Waals surface area contributed by atoms with Crippen molar-refractivity contribution >= 4 is 34.6 Å². The van der Waals surface area contributed by atoms with E-state index in [1.54, 1.807) is 20.4 Å². The minimum absolute atomic E-state index is 0.183. The van der Waals surface area contributed by atoms with Gasteiger partial charge in [0, 0.05) is 41.9 Å². The number of methoxy groups -OCH3 is 2. The summed E-state index contributed by atoms with van der Waals surface area (Å²) in [5.41, 5.74) is 6.58. The second kappa shape index (κ2) is 10.8. The summed E-state index contributed by atoms with van der Waals surface area (Å²) in [6.45, 7) is 5.69. The molecule has 1 fully saturated rings. The molecule has 3 heterocycles. The first-order chi connectivity index (χ1) is 18.8. The van der Waals surface area contributed by atoms with Crippen LogP contribution in [0.4, 0.5) is 11.4 Å². The van der Waals surface area contributed by atoms with Gasteiger partial charge in [0.25, 0.3) is 0 Å². The minimum atomic E-state index is -0.212. The Kier molecular flexibility index (Phi) is 7.26. The number of carbonyl (C=O) groups excluding carboxylic acids is 1. The van der Waals surface area contributed by atoms with Gasteiger partial charge in [-0.3, -0.25) is 9.78 Å². The molecule has 0 aliphatic carbocycles. The van der Waals surface area contributed by atoms with Gasteiger partial charge in [0.15, 0.2) is 5.11 Å². The molecule has 2 N–H and O–H groups in total. The minimum Gasteiger partial charge on any atom is -0.497 e. The van der Waals surface area contributed by atoms with Crippen LogP contribution in [-0.2, 0) is 4.79 Å². The molecule has 4 aromatic rings. The SMILES string of the molecule is COc1cccc(-n2c(C)cc([C@@H]3[C@@H](c4ccccn4)NC(=S)N3c3ccc(OC)c(NC(C)=O)c3)c2C)c1. The summed E-state index contributed by atoms with van der Waals surface area (Å²) in [4.78, 5) is 18.7. The van der Waals surface area contributed by atoms with Crippen molar-refractivity contribution in [2.75, 3.05) is 24.4 Å². The molecule has 0 bridgehead atoms. The Hall–Kier alpha value is -4.37. The zero-order valence-corrected chi connectivity index (χ0v) is 23.4. The van der Waals surface area contributed by atoms with Gasteiger partial charge >= 0.3 is 0 Å². The zero-order chi connectivity index (χ0) is 27.7. The molecule has 39 heavy (non-hydrogen) atoms. The van der Waals surface area contributed by atoms with Crippen molar-refractivity contribution < 1.29 is 14.3 Å². The number of hydrogen-bond donors (Lipinski definition) is 2. The van der Waals surface area contributed by atoms with Crippen molar-refractivity contribution in [2.24, 2.45) is 0 Å². The number of benzene rings is 2. The second-order valence-corrected chi connectivity index (χ2v) is 9.81. The number of ether oxygens (including phenoxy) is 2. The Morgan fingerprint density at radius 3 is 2.51 bits per heavy atom. The number of carbonyl (C=O) groups is 1. The number of hydrogen-bond acceptors (Lipinski definition) is 5. The molecule has 2 aromatic carbocycles. The van der Waals surface area contributed by atoms with Gasteiger partial charge in [-0.15, -0.1) is 0 Å². The molecule has 2 atom stereocenters. The lowest BCUT2D eigenvalue weighted by atomic mass is 9.96.